The molecular weight excluding hydrogens is 230 g/mol. The second kappa shape index (κ2) is 7.07. The van der Waals surface area contributed by atoms with Gasteiger partial charge in [-0.1, -0.05) is 6.92 Å². The van der Waals surface area contributed by atoms with E-state index in [1.807, 2.05) is 6.92 Å². The minimum atomic E-state index is -0.596. The van der Waals surface area contributed by atoms with E-state index in [1.165, 1.54) is 0 Å². The molecule has 1 aliphatic heterocycles. The normalized spacial score (nSPS) is 24.1. The maximum absolute atomic E-state index is 11.6. The topological polar surface area (TPSA) is 67.6 Å². The quantitative estimate of drug-likeness (QED) is 0.658. The molecular formula is C13H27N3O2. The van der Waals surface area contributed by atoms with Crippen molar-refractivity contribution >= 4 is 5.91 Å². The molecule has 0 aromatic carbocycles. The van der Waals surface area contributed by atoms with Crippen molar-refractivity contribution < 1.29 is 9.53 Å². The van der Waals surface area contributed by atoms with E-state index in [0.29, 0.717) is 6.10 Å². The maximum Gasteiger partial charge on any atom is 0.237 e. The monoisotopic (exact) mass is 257 g/mol. The Balaban J connectivity index is 2.40. The van der Waals surface area contributed by atoms with Crippen LogP contribution >= 0.6 is 0 Å². The molecule has 0 aromatic heterocycles. The van der Waals surface area contributed by atoms with Crippen LogP contribution in [-0.4, -0.2) is 55.7 Å². The van der Waals surface area contributed by atoms with E-state index in [9.17, 15) is 4.79 Å². The summed E-state index contributed by atoms with van der Waals surface area (Å²) < 4.78 is 5.34. The van der Waals surface area contributed by atoms with Gasteiger partial charge in [0, 0.05) is 26.7 Å². The number of rotatable bonds is 8. The van der Waals surface area contributed by atoms with Crippen LogP contribution in [0.4, 0.5) is 0 Å². The van der Waals surface area contributed by atoms with Gasteiger partial charge in [0.25, 0.3) is 0 Å². The highest BCUT2D eigenvalue weighted by Crippen LogP contribution is 2.16. The van der Waals surface area contributed by atoms with Crippen LogP contribution in [0.15, 0.2) is 0 Å². The summed E-state index contributed by atoms with van der Waals surface area (Å²) in [5, 5.41) is 3.26. The van der Waals surface area contributed by atoms with Crippen LogP contribution in [0.1, 0.15) is 33.1 Å². The molecule has 106 valence electrons. The molecule has 1 aliphatic rings. The summed E-state index contributed by atoms with van der Waals surface area (Å²) in [5.41, 5.74) is 4.91. The van der Waals surface area contributed by atoms with Crippen molar-refractivity contribution in [3.63, 3.8) is 0 Å². The van der Waals surface area contributed by atoms with Gasteiger partial charge in [-0.2, -0.15) is 0 Å². The Hall–Kier alpha value is -0.650. The first-order valence-corrected chi connectivity index (χ1v) is 6.82. The predicted octanol–water partition coefficient (Wildman–Crippen LogP) is 0.341. The molecule has 0 aliphatic carbocycles. The van der Waals surface area contributed by atoms with Gasteiger partial charge in [-0.3, -0.25) is 4.79 Å². The van der Waals surface area contributed by atoms with E-state index < -0.39 is 5.54 Å². The highest BCUT2D eigenvalue weighted by molar-refractivity contribution is 5.84. The van der Waals surface area contributed by atoms with E-state index >= 15 is 0 Å². The van der Waals surface area contributed by atoms with E-state index in [0.717, 1.165) is 45.4 Å². The smallest absolute Gasteiger partial charge is 0.237 e. The Morgan fingerprint density at radius 2 is 2.33 bits per heavy atom. The van der Waals surface area contributed by atoms with Crippen LogP contribution in [0.25, 0.3) is 0 Å². The fourth-order valence-electron chi connectivity index (χ4n) is 2.27. The summed E-state index contributed by atoms with van der Waals surface area (Å²) in [7, 11) is 1.75. The Morgan fingerprint density at radius 3 is 2.83 bits per heavy atom. The number of amides is 1. The van der Waals surface area contributed by atoms with Crippen LogP contribution in [0, 0.1) is 0 Å². The summed E-state index contributed by atoms with van der Waals surface area (Å²) in [6.45, 7) is 7.68. The van der Waals surface area contributed by atoms with Crippen molar-refractivity contribution in [2.75, 3.05) is 33.3 Å². The Bertz CT molecular complexity index is 273. The summed E-state index contributed by atoms with van der Waals surface area (Å²) >= 11 is 0. The maximum atomic E-state index is 11.6. The zero-order chi connectivity index (χ0) is 13.6. The highest BCUT2D eigenvalue weighted by Gasteiger charge is 2.31. The van der Waals surface area contributed by atoms with E-state index in [4.69, 9.17) is 10.5 Å². The number of carbonyl (C=O) groups is 1. The van der Waals surface area contributed by atoms with Crippen LogP contribution in [0.3, 0.4) is 0 Å². The lowest BCUT2D eigenvalue weighted by Gasteiger charge is -2.29. The molecule has 0 spiro atoms. The molecule has 2 unspecified atom stereocenters. The van der Waals surface area contributed by atoms with Gasteiger partial charge in [-0.05, 0) is 32.7 Å². The number of hydrogen-bond donors (Lipinski definition) is 2. The molecule has 0 aromatic rings. The molecule has 2 atom stereocenters. The van der Waals surface area contributed by atoms with E-state index in [2.05, 4.69) is 17.1 Å². The first-order valence-electron chi connectivity index (χ1n) is 6.82. The molecule has 1 rings (SSSR count). The molecule has 1 amide bonds. The van der Waals surface area contributed by atoms with Crippen molar-refractivity contribution in [1.29, 1.82) is 0 Å². The van der Waals surface area contributed by atoms with E-state index in [1.54, 1.807) is 7.11 Å². The third-order valence-corrected chi connectivity index (χ3v) is 3.80. The number of carbonyl (C=O) groups excluding carboxylic acids is 1. The number of nitrogens with one attached hydrogen (secondary N) is 1. The van der Waals surface area contributed by atoms with Crippen molar-refractivity contribution in [2.45, 2.75) is 44.8 Å². The average molecular weight is 257 g/mol. The first-order chi connectivity index (χ1) is 8.51. The third-order valence-electron chi connectivity index (χ3n) is 3.80. The Kier molecular flexibility index (Phi) is 6.05. The lowest BCUT2D eigenvalue weighted by Crippen LogP contribution is -2.54. The van der Waals surface area contributed by atoms with Gasteiger partial charge >= 0.3 is 0 Å². The molecule has 0 bridgehead atoms. The highest BCUT2D eigenvalue weighted by atomic mass is 16.5. The largest absolute Gasteiger partial charge is 0.380 e. The van der Waals surface area contributed by atoms with Gasteiger partial charge in [-0.25, -0.2) is 0 Å². The van der Waals surface area contributed by atoms with Crippen LogP contribution in [-0.2, 0) is 9.53 Å². The lowest BCUT2D eigenvalue weighted by molar-refractivity contribution is -0.124. The van der Waals surface area contributed by atoms with Crippen molar-refractivity contribution in [3.8, 4) is 0 Å². The zero-order valence-electron chi connectivity index (χ0n) is 11.9. The number of methoxy groups -OCH3 is 1. The van der Waals surface area contributed by atoms with Gasteiger partial charge in [0.05, 0.1) is 11.6 Å². The average Bonchev–Trinajstić information content (AvgIpc) is 2.81. The van der Waals surface area contributed by atoms with Gasteiger partial charge in [-0.15, -0.1) is 0 Å². The number of nitrogens with zero attached hydrogens (tertiary/aromatic N) is 1. The molecule has 5 heteroatoms. The fourth-order valence-corrected chi connectivity index (χ4v) is 2.27. The van der Waals surface area contributed by atoms with Crippen LogP contribution in [0.2, 0.25) is 0 Å². The lowest BCUT2D eigenvalue weighted by atomic mass is 9.96. The number of ether oxygens (including phenoxy) is 1. The zero-order valence-corrected chi connectivity index (χ0v) is 11.9. The van der Waals surface area contributed by atoms with Gasteiger partial charge in [0.1, 0.15) is 0 Å². The van der Waals surface area contributed by atoms with E-state index in [-0.39, 0.29) is 5.91 Å². The summed E-state index contributed by atoms with van der Waals surface area (Å²) in [6.07, 6.45) is 3.16. The SMILES string of the molecule is CCCNC(C)(CCN1CCC(OC)C1)C(N)=O. The Morgan fingerprint density at radius 1 is 1.61 bits per heavy atom. The van der Waals surface area contributed by atoms with Gasteiger partial charge in [0.2, 0.25) is 5.91 Å². The minimum absolute atomic E-state index is 0.265. The number of nitrogens with two attached hydrogens (primary N) is 1. The molecule has 3 N–H and O–H groups in total. The summed E-state index contributed by atoms with van der Waals surface area (Å²) in [5.74, 6) is -0.265. The summed E-state index contributed by atoms with van der Waals surface area (Å²) in [6, 6.07) is 0. The third kappa shape index (κ3) is 4.23. The second-order valence-electron chi connectivity index (χ2n) is 5.32. The van der Waals surface area contributed by atoms with Crippen molar-refractivity contribution in [3.05, 3.63) is 0 Å². The van der Waals surface area contributed by atoms with Crippen LogP contribution in [0.5, 0.6) is 0 Å². The van der Waals surface area contributed by atoms with Crippen molar-refractivity contribution in [1.82, 2.24) is 10.2 Å². The number of hydrogen-bond acceptors (Lipinski definition) is 4. The number of primary amides is 1. The molecule has 1 saturated heterocycles. The molecule has 0 saturated carbocycles. The molecule has 1 heterocycles. The first kappa shape index (κ1) is 15.4. The summed E-state index contributed by atoms with van der Waals surface area (Å²) in [4.78, 5) is 13.9. The predicted molar refractivity (Wildman–Crippen MR) is 72.4 cm³/mol. The Labute approximate surface area is 110 Å². The molecule has 5 nitrogen and oxygen atoms in total. The van der Waals surface area contributed by atoms with Gasteiger partial charge < -0.3 is 20.7 Å². The minimum Gasteiger partial charge on any atom is -0.380 e. The van der Waals surface area contributed by atoms with Gasteiger partial charge in [0.15, 0.2) is 0 Å². The molecule has 18 heavy (non-hydrogen) atoms. The second-order valence-corrected chi connectivity index (χ2v) is 5.32. The molecule has 1 fully saturated rings. The molecule has 0 radical (unpaired) electrons. The van der Waals surface area contributed by atoms with Crippen LogP contribution < -0.4 is 11.1 Å². The fraction of sp³-hybridized carbons (Fsp3) is 0.923. The standard InChI is InChI=1S/C13H27N3O2/c1-4-7-15-13(2,12(14)17)6-9-16-8-5-11(10-16)18-3/h11,15H,4-10H2,1-3H3,(H2,14,17). The van der Waals surface area contributed by atoms with Crippen molar-refractivity contribution in [2.24, 2.45) is 5.73 Å². The number of likely N-dealkylation sites (tertiary alicyclic amines) is 1.